The predicted molar refractivity (Wildman–Crippen MR) is 53.0 cm³/mol. The molecule has 1 aromatic rings. The molecule has 0 saturated heterocycles. The second-order valence-corrected chi connectivity index (χ2v) is 5.52. The second-order valence-electron chi connectivity index (χ2n) is 4.24. The zero-order valence-electron chi connectivity index (χ0n) is 7.47. The van der Waals surface area contributed by atoms with Crippen LogP contribution in [0.4, 0.5) is 0 Å². The maximum absolute atomic E-state index is 2.44. The number of hydrogen-bond donors (Lipinski definition) is 0. The van der Waals surface area contributed by atoms with Gasteiger partial charge in [0.05, 0.1) is 0 Å². The average molecular weight is 178 g/mol. The van der Waals surface area contributed by atoms with Crippen LogP contribution in [0, 0.1) is 6.92 Å². The van der Waals surface area contributed by atoms with Gasteiger partial charge in [0.1, 0.15) is 0 Å². The number of hydrogen-bond acceptors (Lipinski definition) is 1. The molecule has 1 heteroatoms. The summed E-state index contributed by atoms with van der Waals surface area (Å²) in [6, 6.07) is 2.44. The Labute approximate surface area is 77.6 Å². The van der Waals surface area contributed by atoms with Gasteiger partial charge in [-0.25, -0.2) is 0 Å². The molecular formula is C11H14S. The largest absolute Gasteiger partial charge is 0.145 e. The second kappa shape index (κ2) is 2.35. The van der Waals surface area contributed by atoms with Crippen LogP contribution in [-0.2, 0) is 0 Å². The lowest BCUT2D eigenvalue weighted by atomic mass is 9.87. The Hall–Kier alpha value is -0.300. The maximum Gasteiger partial charge on any atom is 0.0114 e. The van der Waals surface area contributed by atoms with Crippen molar-refractivity contribution in [1.82, 2.24) is 0 Å². The molecule has 0 aliphatic heterocycles. The smallest absolute Gasteiger partial charge is 0.0114 e. The van der Waals surface area contributed by atoms with Crippen molar-refractivity contribution in [3.8, 4) is 0 Å². The van der Waals surface area contributed by atoms with Crippen molar-refractivity contribution >= 4 is 11.3 Å². The third-order valence-corrected chi connectivity index (χ3v) is 4.63. The summed E-state index contributed by atoms with van der Waals surface area (Å²) in [5.41, 5.74) is 1.72. The normalized spacial score (nSPS) is 32.1. The van der Waals surface area contributed by atoms with Crippen molar-refractivity contribution < 1.29 is 0 Å². The number of aryl methyl sites for hydroxylation is 1. The Morgan fingerprint density at radius 1 is 1.33 bits per heavy atom. The van der Waals surface area contributed by atoms with Crippen molar-refractivity contribution in [2.45, 2.75) is 44.4 Å². The highest BCUT2D eigenvalue weighted by molar-refractivity contribution is 7.12. The van der Waals surface area contributed by atoms with Crippen molar-refractivity contribution in [2.24, 2.45) is 0 Å². The summed E-state index contributed by atoms with van der Waals surface area (Å²) in [6.07, 6.45) is 5.86. The lowest BCUT2D eigenvalue weighted by Gasteiger charge is -2.18. The third-order valence-electron chi connectivity index (χ3n) is 3.40. The first-order valence-electron chi connectivity index (χ1n) is 4.95. The van der Waals surface area contributed by atoms with Gasteiger partial charge in [-0.2, -0.15) is 0 Å². The molecule has 2 unspecified atom stereocenters. The van der Waals surface area contributed by atoms with Crippen LogP contribution in [0.2, 0.25) is 0 Å². The van der Waals surface area contributed by atoms with Crippen LogP contribution in [0.15, 0.2) is 6.07 Å². The van der Waals surface area contributed by atoms with Crippen molar-refractivity contribution in [3.05, 3.63) is 21.4 Å². The minimum atomic E-state index is 0.948. The van der Waals surface area contributed by atoms with Gasteiger partial charge < -0.3 is 0 Å². The van der Waals surface area contributed by atoms with Gasteiger partial charge in [0.2, 0.25) is 0 Å². The van der Waals surface area contributed by atoms with E-state index in [2.05, 4.69) is 24.3 Å². The fraction of sp³-hybridized carbons (Fsp3) is 0.636. The molecular weight excluding hydrogens is 164 g/mol. The molecule has 64 valence electrons. The van der Waals surface area contributed by atoms with E-state index >= 15 is 0 Å². The molecule has 1 heterocycles. The van der Waals surface area contributed by atoms with Crippen molar-refractivity contribution in [2.75, 3.05) is 0 Å². The standard InChI is InChI=1S/C11H14S/c1-7-5-10-8-3-2-4-9(6-8)11(10)12-7/h5,8-9H,2-4,6H2,1H3. The zero-order chi connectivity index (χ0) is 8.13. The van der Waals surface area contributed by atoms with Gasteiger partial charge >= 0.3 is 0 Å². The lowest BCUT2D eigenvalue weighted by Crippen LogP contribution is -2.01. The van der Waals surface area contributed by atoms with Crippen LogP contribution in [0.25, 0.3) is 0 Å². The van der Waals surface area contributed by atoms with E-state index < -0.39 is 0 Å². The van der Waals surface area contributed by atoms with Gasteiger partial charge in [-0.3, -0.25) is 0 Å². The van der Waals surface area contributed by atoms with Gasteiger partial charge in [-0.05, 0) is 49.7 Å². The first-order chi connectivity index (χ1) is 5.84. The van der Waals surface area contributed by atoms with E-state index in [1.54, 1.807) is 10.4 Å². The van der Waals surface area contributed by atoms with E-state index in [0.29, 0.717) is 0 Å². The van der Waals surface area contributed by atoms with Crippen LogP contribution in [0.3, 0.4) is 0 Å². The molecule has 2 atom stereocenters. The average Bonchev–Trinajstić information content (AvgIpc) is 2.55. The topological polar surface area (TPSA) is 0 Å². The van der Waals surface area contributed by atoms with Crippen molar-refractivity contribution in [3.63, 3.8) is 0 Å². The Balaban J connectivity index is 2.13. The summed E-state index contributed by atoms with van der Waals surface area (Å²) in [7, 11) is 0. The van der Waals surface area contributed by atoms with Gasteiger partial charge in [0.15, 0.2) is 0 Å². The molecule has 2 aliphatic carbocycles. The summed E-state index contributed by atoms with van der Waals surface area (Å²) >= 11 is 2.05. The van der Waals surface area contributed by atoms with E-state index in [9.17, 15) is 0 Å². The molecule has 0 aromatic carbocycles. The Bertz CT molecular complexity index is 283. The van der Waals surface area contributed by atoms with E-state index in [1.807, 2.05) is 0 Å². The number of thiophene rings is 1. The SMILES string of the molecule is Cc1cc2c(s1)C1CCCC2C1. The van der Waals surface area contributed by atoms with Crippen LogP contribution < -0.4 is 0 Å². The monoisotopic (exact) mass is 178 g/mol. The Kier molecular flexibility index (Phi) is 1.40. The number of rotatable bonds is 0. The molecule has 1 aromatic heterocycles. The van der Waals surface area contributed by atoms with Crippen LogP contribution in [0.1, 0.15) is 52.8 Å². The fourth-order valence-corrected chi connectivity index (χ4v) is 4.16. The van der Waals surface area contributed by atoms with E-state index in [4.69, 9.17) is 0 Å². The molecule has 0 radical (unpaired) electrons. The minimum Gasteiger partial charge on any atom is -0.145 e. The summed E-state index contributed by atoms with van der Waals surface area (Å²) in [5.74, 6) is 1.90. The molecule has 0 nitrogen and oxygen atoms in total. The maximum atomic E-state index is 2.44. The molecule has 0 amide bonds. The number of fused-ring (bicyclic) bond motifs is 5. The quantitative estimate of drug-likeness (QED) is 0.566. The lowest BCUT2D eigenvalue weighted by molar-refractivity contribution is 0.436. The fourth-order valence-electron chi connectivity index (χ4n) is 2.90. The van der Waals surface area contributed by atoms with Crippen LogP contribution in [-0.4, -0.2) is 0 Å². The van der Waals surface area contributed by atoms with E-state index in [-0.39, 0.29) is 0 Å². The highest BCUT2D eigenvalue weighted by atomic mass is 32.1. The Morgan fingerprint density at radius 3 is 3.08 bits per heavy atom. The molecule has 1 fully saturated rings. The molecule has 12 heavy (non-hydrogen) atoms. The highest BCUT2D eigenvalue weighted by Gasteiger charge is 2.35. The van der Waals surface area contributed by atoms with E-state index in [0.717, 1.165) is 11.8 Å². The molecule has 2 aliphatic rings. The minimum absolute atomic E-state index is 0.948. The third kappa shape index (κ3) is 0.832. The molecule has 3 rings (SSSR count). The molecule has 1 saturated carbocycles. The summed E-state index contributed by atoms with van der Waals surface area (Å²) < 4.78 is 0. The van der Waals surface area contributed by atoms with Gasteiger partial charge in [-0.15, -0.1) is 11.3 Å². The van der Waals surface area contributed by atoms with Crippen LogP contribution in [0.5, 0.6) is 0 Å². The molecule has 0 N–H and O–H groups in total. The molecule has 2 bridgehead atoms. The summed E-state index contributed by atoms with van der Waals surface area (Å²) in [5, 5.41) is 0. The van der Waals surface area contributed by atoms with E-state index in [1.165, 1.54) is 30.6 Å². The summed E-state index contributed by atoms with van der Waals surface area (Å²) in [4.78, 5) is 3.27. The first-order valence-corrected chi connectivity index (χ1v) is 5.76. The zero-order valence-corrected chi connectivity index (χ0v) is 8.29. The van der Waals surface area contributed by atoms with Gasteiger partial charge in [0.25, 0.3) is 0 Å². The van der Waals surface area contributed by atoms with Crippen molar-refractivity contribution in [1.29, 1.82) is 0 Å². The highest BCUT2D eigenvalue weighted by Crippen LogP contribution is 2.53. The Morgan fingerprint density at radius 2 is 2.17 bits per heavy atom. The first kappa shape index (κ1) is 7.14. The molecule has 0 spiro atoms. The van der Waals surface area contributed by atoms with Gasteiger partial charge in [0, 0.05) is 9.75 Å². The van der Waals surface area contributed by atoms with Gasteiger partial charge in [-0.1, -0.05) is 6.42 Å². The summed E-state index contributed by atoms with van der Waals surface area (Å²) in [6.45, 7) is 2.25. The van der Waals surface area contributed by atoms with Crippen LogP contribution >= 0.6 is 11.3 Å². The predicted octanol–water partition coefficient (Wildman–Crippen LogP) is 3.81.